The van der Waals surface area contributed by atoms with Gasteiger partial charge in [-0.15, -0.1) is 0 Å². The monoisotopic (exact) mass is 304 g/mol. The molecular weight excluding hydrogens is 284 g/mol. The van der Waals surface area contributed by atoms with Gasteiger partial charge in [-0.1, -0.05) is 6.07 Å². The minimum atomic E-state index is -0.360. The molecule has 0 aromatic heterocycles. The van der Waals surface area contributed by atoms with Gasteiger partial charge in [0.1, 0.15) is 6.04 Å². The Morgan fingerprint density at radius 2 is 2.14 bits per heavy atom. The number of carbonyl (C=O) groups excluding carboxylic acids is 2. The number of carbonyl (C=O) groups is 2. The summed E-state index contributed by atoms with van der Waals surface area (Å²) in [5.74, 6) is 1.38. The van der Waals surface area contributed by atoms with Gasteiger partial charge in [0.05, 0.1) is 0 Å². The number of ether oxygens (including phenoxy) is 2. The molecule has 0 radical (unpaired) electrons. The van der Waals surface area contributed by atoms with E-state index >= 15 is 0 Å². The van der Waals surface area contributed by atoms with Crippen molar-refractivity contribution in [2.24, 2.45) is 0 Å². The van der Waals surface area contributed by atoms with E-state index in [1.54, 1.807) is 4.90 Å². The van der Waals surface area contributed by atoms with Crippen LogP contribution < -0.4 is 14.8 Å². The topological polar surface area (TPSA) is 67.9 Å². The highest BCUT2D eigenvalue weighted by atomic mass is 16.7. The molecule has 6 heteroatoms. The standard InChI is InChI=1S/C16H20N2O4/c1-10(2)18-12(4-6-15(18)19)16(20)17-8-11-3-5-13-14(7-11)22-9-21-13/h3,5,7,10,12H,4,6,8-9H2,1-2H3,(H,17,20). The van der Waals surface area contributed by atoms with E-state index in [1.807, 2.05) is 32.0 Å². The summed E-state index contributed by atoms with van der Waals surface area (Å²) >= 11 is 0. The fourth-order valence-corrected chi connectivity index (χ4v) is 2.97. The summed E-state index contributed by atoms with van der Waals surface area (Å²) in [6.07, 6.45) is 1.03. The van der Waals surface area contributed by atoms with Gasteiger partial charge in [0, 0.05) is 19.0 Å². The van der Waals surface area contributed by atoms with Gasteiger partial charge < -0.3 is 19.7 Å². The second-order valence-electron chi connectivity index (χ2n) is 5.85. The normalized spacial score (nSPS) is 19.9. The van der Waals surface area contributed by atoms with Crippen LogP contribution in [0.25, 0.3) is 0 Å². The largest absolute Gasteiger partial charge is 0.454 e. The van der Waals surface area contributed by atoms with Crippen molar-refractivity contribution in [3.05, 3.63) is 23.8 Å². The van der Waals surface area contributed by atoms with E-state index in [1.165, 1.54) is 0 Å². The number of amides is 2. The molecule has 1 unspecified atom stereocenters. The third kappa shape index (κ3) is 2.73. The second kappa shape index (κ2) is 5.87. The van der Waals surface area contributed by atoms with Gasteiger partial charge in [-0.25, -0.2) is 0 Å². The second-order valence-corrected chi connectivity index (χ2v) is 5.85. The van der Waals surface area contributed by atoms with E-state index in [0.29, 0.717) is 25.1 Å². The molecule has 1 saturated heterocycles. The van der Waals surface area contributed by atoms with Crippen molar-refractivity contribution < 1.29 is 19.1 Å². The molecule has 1 aromatic rings. The minimum absolute atomic E-state index is 0.0382. The number of benzene rings is 1. The first kappa shape index (κ1) is 14.7. The quantitative estimate of drug-likeness (QED) is 0.914. The zero-order chi connectivity index (χ0) is 15.7. The lowest BCUT2D eigenvalue weighted by Gasteiger charge is -2.27. The summed E-state index contributed by atoms with van der Waals surface area (Å²) in [6.45, 7) is 4.51. The first-order valence-electron chi connectivity index (χ1n) is 7.53. The van der Waals surface area contributed by atoms with Crippen molar-refractivity contribution in [2.75, 3.05) is 6.79 Å². The van der Waals surface area contributed by atoms with Crippen molar-refractivity contribution >= 4 is 11.8 Å². The zero-order valence-electron chi connectivity index (χ0n) is 12.8. The summed E-state index contributed by atoms with van der Waals surface area (Å²) in [7, 11) is 0. The highest BCUT2D eigenvalue weighted by molar-refractivity contribution is 5.91. The average Bonchev–Trinajstić information content (AvgIpc) is 3.10. The molecule has 2 aliphatic rings. The Hall–Kier alpha value is -2.24. The van der Waals surface area contributed by atoms with Crippen molar-refractivity contribution in [2.45, 2.75) is 45.3 Å². The van der Waals surface area contributed by atoms with Crippen LogP contribution in [0.15, 0.2) is 18.2 Å². The van der Waals surface area contributed by atoms with Crippen LogP contribution in [0, 0.1) is 0 Å². The van der Waals surface area contributed by atoms with Crippen LogP contribution in [-0.4, -0.2) is 35.6 Å². The molecule has 1 fully saturated rings. The molecule has 3 rings (SSSR count). The molecule has 1 aromatic carbocycles. The van der Waals surface area contributed by atoms with Crippen molar-refractivity contribution in [3.8, 4) is 11.5 Å². The van der Waals surface area contributed by atoms with E-state index in [0.717, 1.165) is 11.3 Å². The molecule has 0 saturated carbocycles. The van der Waals surface area contributed by atoms with Gasteiger partial charge in [0.15, 0.2) is 11.5 Å². The highest BCUT2D eigenvalue weighted by Gasteiger charge is 2.37. The van der Waals surface area contributed by atoms with Gasteiger partial charge in [-0.05, 0) is 38.0 Å². The molecule has 118 valence electrons. The Labute approximate surface area is 129 Å². The van der Waals surface area contributed by atoms with Crippen LogP contribution in [0.2, 0.25) is 0 Å². The summed E-state index contributed by atoms with van der Waals surface area (Å²) in [4.78, 5) is 25.9. The molecule has 0 spiro atoms. The Balaban J connectivity index is 1.61. The Bertz CT molecular complexity index is 600. The third-order valence-electron chi connectivity index (χ3n) is 4.02. The van der Waals surface area contributed by atoms with Gasteiger partial charge in [0.2, 0.25) is 18.6 Å². The SMILES string of the molecule is CC(C)N1C(=O)CCC1C(=O)NCc1ccc2c(c1)OCO2. The molecule has 1 N–H and O–H groups in total. The lowest BCUT2D eigenvalue weighted by molar-refractivity contribution is -0.137. The smallest absolute Gasteiger partial charge is 0.243 e. The maximum absolute atomic E-state index is 12.4. The maximum Gasteiger partial charge on any atom is 0.243 e. The van der Waals surface area contributed by atoms with Gasteiger partial charge in [0.25, 0.3) is 0 Å². The predicted molar refractivity (Wildman–Crippen MR) is 79.4 cm³/mol. The number of nitrogens with one attached hydrogen (secondary N) is 1. The van der Waals surface area contributed by atoms with E-state index in [9.17, 15) is 9.59 Å². The van der Waals surface area contributed by atoms with Gasteiger partial charge in [-0.2, -0.15) is 0 Å². The lowest BCUT2D eigenvalue weighted by atomic mass is 10.1. The minimum Gasteiger partial charge on any atom is -0.454 e. The summed E-state index contributed by atoms with van der Waals surface area (Å²) in [5, 5.41) is 2.91. The van der Waals surface area contributed by atoms with Gasteiger partial charge >= 0.3 is 0 Å². The van der Waals surface area contributed by atoms with Crippen LogP contribution >= 0.6 is 0 Å². The average molecular weight is 304 g/mol. The number of fused-ring (bicyclic) bond motifs is 1. The van der Waals surface area contributed by atoms with E-state index in [2.05, 4.69) is 5.32 Å². The van der Waals surface area contributed by atoms with Crippen LogP contribution in [0.1, 0.15) is 32.3 Å². The number of nitrogens with zero attached hydrogens (tertiary/aromatic N) is 1. The molecule has 1 atom stereocenters. The summed E-state index contributed by atoms with van der Waals surface area (Å²) in [6, 6.07) is 5.28. The van der Waals surface area contributed by atoms with Crippen molar-refractivity contribution in [3.63, 3.8) is 0 Å². The Kier molecular flexibility index (Phi) is 3.92. The van der Waals surface area contributed by atoms with Gasteiger partial charge in [-0.3, -0.25) is 9.59 Å². The predicted octanol–water partition coefficient (Wildman–Crippen LogP) is 1.43. The van der Waals surface area contributed by atoms with Crippen molar-refractivity contribution in [1.82, 2.24) is 10.2 Å². The molecular formula is C16H20N2O4. The number of hydrogen-bond acceptors (Lipinski definition) is 4. The molecule has 2 aliphatic heterocycles. The summed E-state index contributed by atoms with van der Waals surface area (Å²) in [5.41, 5.74) is 0.943. The molecule has 2 heterocycles. The first-order chi connectivity index (χ1) is 10.6. The maximum atomic E-state index is 12.4. The van der Waals surface area contributed by atoms with Crippen molar-refractivity contribution in [1.29, 1.82) is 0 Å². The number of likely N-dealkylation sites (tertiary alicyclic amines) is 1. The van der Waals surface area contributed by atoms with Crippen LogP contribution in [0.3, 0.4) is 0 Å². The first-order valence-corrected chi connectivity index (χ1v) is 7.53. The Morgan fingerprint density at radius 3 is 2.91 bits per heavy atom. The fraction of sp³-hybridized carbons (Fsp3) is 0.500. The van der Waals surface area contributed by atoms with Crippen LogP contribution in [0.4, 0.5) is 0 Å². The molecule has 0 bridgehead atoms. The lowest BCUT2D eigenvalue weighted by Crippen LogP contribution is -2.47. The summed E-state index contributed by atoms with van der Waals surface area (Å²) < 4.78 is 10.6. The van der Waals surface area contributed by atoms with Crippen LogP contribution in [-0.2, 0) is 16.1 Å². The molecule has 0 aliphatic carbocycles. The Morgan fingerprint density at radius 1 is 1.36 bits per heavy atom. The molecule has 6 nitrogen and oxygen atoms in total. The molecule has 22 heavy (non-hydrogen) atoms. The number of hydrogen-bond donors (Lipinski definition) is 1. The fourth-order valence-electron chi connectivity index (χ4n) is 2.97. The van der Waals surface area contributed by atoms with E-state index in [4.69, 9.17) is 9.47 Å². The van der Waals surface area contributed by atoms with E-state index < -0.39 is 0 Å². The van der Waals surface area contributed by atoms with Crippen LogP contribution in [0.5, 0.6) is 11.5 Å². The zero-order valence-corrected chi connectivity index (χ0v) is 12.8. The number of rotatable bonds is 4. The van der Waals surface area contributed by atoms with E-state index in [-0.39, 0.29) is 30.7 Å². The molecule has 2 amide bonds. The third-order valence-corrected chi connectivity index (χ3v) is 4.02. The highest BCUT2D eigenvalue weighted by Crippen LogP contribution is 2.32.